The fourth-order valence-corrected chi connectivity index (χ4v) is 4.76. The average Bonchev–Trinajstić information content (AvgIpc) is 2.63. The van der Waals surface area contributed by atoms with Gasteiger partial charge in [0.25, 0.3) is 15.7 Å². The number of halogens is 1. The fraction of sp³-hybridized carbons (Fsp3) is 0.278. The number of hydrogen-bond donors (Lipinski definition) is 2. The maximum absolute atomic E-state index is 12.9. The number of nitrogens with one attached hydrogen (secondary N) is 2. The summed E-state index contributed by atoms with van der Waals surface area (Å²) in [6.45, 7) is 4.45. The number of anilines is 2. The molecular weight excluding hydrogens is 420 g/mol. The summed E-state index contributed by atoms with van der Waals surface area (Å²) in [6, 6.07) is 6.97. The third-order valence-corrected chi connectivity index (χ3v) is 6.49. The molecule has 2 N–H and O–H groups in total. The zero-order valence-electron chi connectivity index (χ0n) is 15.7. The van der Waals surface area contributed by atoms with Crippen molar-refractivity contribution in [1.82, 2.24) is 5.32 Å². The summed E-state index contributed by atoms with van der Waals surface area (Å²) in [5.74, 6) is -0.117. The SMILES string of the molecule is Cc1cc([N+](=O)[O-])cc(S(=O)(=O)Nc2ccc(N3CCNC(=O)C3)c(Cl)c2)c1C. The van der Waals surface area contributed by atoms with Crippen LogP contribution in [0.5, 0.6) is 0 Å². The van der Waals surface area contributed by atoms with Gasteiger partial charge >= 0.3 is 0 Å². The Morgan fingerprint density at radius 2 is 1.97 bits per heavy atom. The lowest BCUT2D eigenvalue weighted by Crippen LogP contribution is -2.47. The number of carbonyl (C=O) groups excluding carboxylic acids is 1. The summed E-state index contributed by atoms with van der Waals surface area (Å²) in [4.78, 5) is 23.7. The van der Waals surface area contributed by atoms with Gasteiger partial charge in [0.1, 0.15) is 0 Å². The third-order valence-electron chi connectivity index (χ3n) is 4.68. The summed E-state index contributed by atoms with van der Waals surface area (Å²) in [5.41, 5.74) is 1.45. The van der Waals surface area contributed by atoms with E-state index in [-0.39, 0.29) is 33.7 Å². The highest BCUT2D eigenvalue weighted by Gasteiger charge is 2.24. The van der Waals surface area contributed by atoms with Crippen LogP contribution in [-0.2, 0) is 14.8 Å². The number of amides is 1. The first kappa shape index (κ1) is 20.9. The topological polar surface area (TPSA) is 122 Å². The Morgan fingerprint density at radius 1 is 1.24 bits per heavy atom. The van der Waals surface area contributed by atoms with Gasteiger partial charge in [-0.3, -0.25) is 19.6 Å². The molecule has 3 rings (SSSR count). The first-order valence-corrected chi connectivity index (χ1v) is 10.5. The molecule has 1 aliphatic heterocycles. The molecule has 1 amide bonds. The maximum Gasteiger partial charge on any atom is 0.271 e. The van der Waals surface area contributed by atoms with E-state index in [1.807, 2.05) is 0 Å². The first-order valence-electron chi connectivity index (χ1n) is 8.68. The van der Waals surface area contributed by atoms with Gasteiger partial charge in [-0.15, -0.1) is 0 Å². The number of aryl methyl sites for hydroxylation is 1. The Hall–Kier alpha value is -2.85. The van der Waals surface area contributed by atoms with E-state index >= 15 is 0 Å². The lowest BCUT2D eigenvalue weighted by Gasteiger charge is -2.29. The molecule has 2 aromatic rings. The van der Waals surface area contributed by atoms with Crippen molar-refractivity contribution in [2.24, 2.45) is 0 Å². The van der Waals surface area contributed by atoms with Crippen molar-refractivity contribution in [1.29, 1.82) is 0 Å². The highest BCUT2D eigenvalue weighted by atomic mass is 35.5. The summed E-state index contributed by atoms with van der Waals surface area (Å²) in [6.07, 6.45) is 0. The molecule has 1 saturated heterocycles. The molecular formula is C18H19ClN4O5S. The first-order chi connectivity index (χ1) is 13.6. The molecule has 0 bridgehead atoms. The molecule has 0 unspecified atom stereocenters. The Morgan fingerprint density at radius 3 is 2.59 bits per heavy atom. The van der Waals surface area contributed by atoms with Gasteiger partial charge in [-0.05, 0) is 43.2 Å². The summed E-state index contributed by atoms with van der Waals surface area (Å²) < 4.78 is 28.1. The van der Waals surface area contributed by atoms with Gasteiger partial charge in [0.05, 0.1) is 32.8 Å². The number of nitrogens with zero attached hydrogens (tertiary/aromatic N) is 2. The van der Waals surface area contributed by atoms with Gasteiger partial charge < -0.3 is 10.2 Å². The van der Waals surface area contributed by atoms with Crippen LogP contribution >= 0.6 is 11.6 Å². The second-order valence-corrected chi connectivity index (χ2v) is 8.74. The van der Waals surface area contributed by atoms with Crippen molar-refractivity contribution in [3.63, 3.8) is 0 Å². The number of piperazine rings is 1. The minimum atomic E-state index is -4.08. The molecule has 1 aliphatic rings. The molecule has 0 aromatic heterocycles. The Labute approximate surface area is 172 Å². The molecule has 0 saturated carbocycles. The largest absolute Gasteiger partial charge is 0.359 e. The van der Waals surface area contributed by atoms with Crippen LogP contribution in [0.2, 0.25) is 5.02 Å². The van der Waals surface area contributed by atoms with Gasteiger partial charge in [-0.25, -0.2) is 8.42 Å². The van der Waals surface area contributed by atoms with Crippen molar-refractivity contribution in [2.45, 2.75) is 18.7 Å². The second kappa shape index (κ2) is 7.88. The lowest BCUT2D eigenvalue weighted by molar-refractivity contribution is -0.385. The minimum Gasteiger partial charge on any atom is -0.359 e. The molecule has 0 aliphatic carbocycles. The molecule has 29 heavy (non-hydrogen) atoms. The van der Waals surface area contributed by atoms with Gasteiger partial charge in [-0.2, -0.15) is 0 Å². The predicted molar refractivity (Wildman–Crippen MR) is 110 cm³/mol. The number of rotatable bonds is 5. The molecule has 1 heterocycles. The van der Waals surface area contributed by atoms with Crippen LogP contribution in [0.4, 0.5) is 17.1 Å². The minimum absolute atomic E-state index is 0.117. The smallest absolute Gasteiger partial charge is 0.271 e. The van der Waals surface area contributed by atoms with E-state index in [0.717, 1.165) is 6.07 Å². The molecule has 1 fully saturated rings. The van der Waals surface area contributed by atoms with Crippen LogP contribution in [0, 0.1) is 24.0 Å². The number of nitro benzene ring substituents is 1. The predicted octanol–water partition coefficient (Wildman–Crippen LogP) is 2.60. The van der Waals surface area contributed by atoms with E-state index in [1.165, 1.54) is 18.2 Å². The third kappa shape index (κ3) is 4.43. The van der Waals surface area contributed by atoms with E-state index < -0.39 is 14.9 Å². The molecule has 0 spiro atoms. The van der Waals surface area contributed by atoms with Gasteiger partial charge in [-0.1, -0.05) is 11.6 Å². The second-order valence-electron chi connectivity index (χ2n) is 6.69. The van der Waals surface area contributed by atoms with E-state index in [1.54, 1.807) is 24.8 Å². The summed E-state index contributed by atoms with van der Waals surface area (Å²) in [7, 11) is -4.08. The number of nitro groups is 1. The quantitative estimate of drug-likeness (QED) is 0.546. The van der Waals surface area contributed by atoms with Crippen LogP contribution < -0.4 is 14.9 Å². The Kier molecular flexibility index (Phi) is 5.67. The van der Waals surface area contributed by atoms with E-state index in [0.29, 0.717) is 29.9 Å². The monoisotopic (exact) mass is 438 g/mol. The zero-order chi connectivity index (χ0) is 21.3. The Balaban J connectivity index is 1.91. The molecule has 0 radical (unpaired) electrons. The molecule has 154 valence electrons. The average molecular weight is 439 g/mol. The Bertz CT molecular complexity index is 1100. The number of carbonyl (C=O) groups is 1. The van der Waals surface area contributed by atoms with Crippen molar-refractivity contribution in [3.8, 4) is 0 Å². The van der Waals surface area contributed by atoms with E-state index in [2.05, 4.69) is 10.0 Å². The number of benzene rings is 2. The normalized spacial score (nSPS) is 14.4. The molecule has 11 heteroatoms. The fourth-order valence-electron chi connectivity index (χ4n) is 3.07. The van der Waals surface area contributed by atoms with Crippen molar-refractivity contribution >= 4 is 44.6 Å². The molecule has 9 nitrogen and oxygen atoms in total. The highest BCUT2D eigenvalue weighted by Crippen LogP contribution is 2.31. The number of non-ortho nitro benzene ring substituents is 1. The van der Waals surface area contributed by atoms with Crippen molar-refractivity contribution in [2.75, 3.05) is 29.3 Å². The molecule has 2 aromatic carbocycles. The van der Waals surface area contributed by atoms with Gasteiger partial charge in [0.15, 0.2) is 0 Å². The lowest BCUT2D eigenvalue weighted by atomic mass is 10.1. The standard InChI is InChI=1S/C18H19ClN4O5S/c1-11-7-14(23(25)26)9-17(12(11)2)29(27,28)21-13-3-4-16(15(19)8-13)22-6-5-20-18(24)10-22/h3-4,7-9,21H,5-6,10H2,1-2H3,(H,20,24). The van der Waals surface area contributed by atoms with Crippen LogP contribution in [0.25, 0.3) is 0 Å². The summed E-state index contributed by atoms with van der Waals surface area (Å²) >= 11 is 6.31. The van der Waals surface area contributed by atoms with Crippen molar-refractivity contribution < 1.29 is 18.1 Å². The summed E-state index contributed by atoms with van der Waals surface area (Å²) in [5, 5.41) is 14.1. The molecule has 0 atom stereocenters. The maximum atomic E-state index is 12.9. The highest BCUT2D eigenvalue weighted by molar-refractivity contribution is 7.92. The van der Waals surface area contributed by atoms with Crippen LogP contribution in [0.15, 0.2) is 35.2 Å². The van der Waals surface area contributed by atoms with Gasteiger partial charge in [0, 0.05) is 25.2 Å². The number of hydrogen-bond acceptors (Lipinski definition) is 6. The van der Waals surface area contributed by atoms with Crippen molar-refractivity contribution in [3.05, 3.63) is 56.6 Å². The zero-order valence-corrected chi connectivity index (χ0v) is 17.3. The van der Waals surface area contributed by atoms with Crippen LogP contribution in [-0.4, -0.2) is 38.9 Å². The number of sulfonamides is 1. The van der Waals surface area contributed by atoms with Crippen LogP contribution in [0.1, 0.15) is 11.1 Å². The van der Waals surface area contributed by atoms with Gasteiger partial charge in [0.2, 0.25) is 5.91 Å². The van der Waals surface area contributed by atoms with Crippen LogP contribution in [0.3, 0.4) is 0 Å². The van der Waals surface area contributed by atoms with E-state index in [4.69, 9.17) is 11.6 Å². The van der Waals surface area contributed by atoms with E-state index in [9.17, 15) is 23.3 Å².